The molecule has 5 heteroatoms. The molecule has 1 aliphatic heterocycles. The monoisotopic (exact) mass is 358 g/mol. The molecule has 0 spiro atoms. The van der Waals surface area contributed by atoms with Gasteiger partial charge >= 0.3 is 0 Å². The van der Waals surface area contributed by atoms with Gasteiger partial charge < -0.3 is 0 Å². The first-order valence-electron chi connectivity index (χ1n) is 9.03. The molecule has 0 fully saturated rings. The third-order valence-electron chi connectivity index (χ3n) is 5.14. The molecule has 0 saturated heterocycles. The van der Waals surface area contributed by atoms with Gasteiger partial charge in [0.2, 0.25) is 0 Å². The van der Waals surface area contributed by atoms with E-state index < -0.39 is 0 Å². The number of rotatable bonds is 3. The zero-order valence-electron chi connectivity index (χ0n) is 15.1. The molecule has 134 valence electrons. The Kier molecular flexibility index (Phi) is 3.76. The van der Waals surface area contributed by atoms with Gasteiger partial charge in [-0.05, 0) is 47.0 Å². The Morgan fingerprint density at radius 3 is 2.78 bits per heavy atom. The largest absolute Gasteiger partial charge is 0.289 e. The van der Waals surface area contributed by atoms with Crippen molar-refractivity contribution in [3.63, 3.8) is 0 Å². The van der Waals surface area contributed by atoms with E-state index in [-0.39, 0.29) is 5.82 Å². The molecule has 0 saturated carbocycles. The Labute approximate surface area is 156 Å². The van der Waals surface area contributed by atoms with Crippen LogP contribution in [0.15, 0.2) is 60.9 Å². The van der Waals surface area contributed by atoms with Gasteiger partial charge in [0.15, 0.2) is 0 Å². The van der Waals surface area contributed by atoms with Gasteiger partial charge in [-0.2, -0.15) is 5.10 Å². The van der Waals surface area contributed by atoms with Gasteiger partial charge in [-0.3, -0.25) is 14.6 Å². The van der Waals surface area contributed by atoms with Crippen LogP contribution in [0.5, 0.6) is 0 Å². The lowest BCUT2D eigenvalue weighted by molar-refractivity contribution is 0.270. The molecule has 0 radical (unpaired) electrons. The Hall–Kier alpha value is -3.05. The van der Waals surface area contributed by atoms with E-state index in [1.54, 1.807) is 6.07 Å². The van der Waals surface area contributed by atoms with Crippen molar-refractivity contribution in [2.24, 2.45) is 7.05 Å². The first-order valence-corrected chi connectivity index (χ1v) is 9.03. The molecule has 4 nitrogen and oxygen atoms in total. The summed E-state index contributed by atoms with van der Waals surface area (Å²) in [5.74, 6) is -0.162. The molecule has 3 heterocycles. The van der Waals surface area contributed by atoms with Crippen LogP contribution in [-0.4, -0.2) is 19.7 Å². The molecule has 4 aromatic rings. The maximum Gasteiger partial charge on any atom is 0.127 e. The first-order chi connectivity index (χ1) is 13.2. The van der Waals surface area contributed by atoms with Crippen LogP contribution in [0.2, 0.25) is 0 Å². The van der Waals surface area contributed by atoms with E-state index in [4.69, 9.17) is 0 Å². The number of nitrogens with zero attached hydrogens (tertiary/aromatic N) is 4. The van der Waals surface area contributed by atoms with E-state index in [9.17, 15) is 4.39 Å². The highest BCUT2D eigenvalue weighted by atomic mass is 19.1. The van der Waals surface area contributed by atoms with Crippen LogP contribution in [0.1, 0.15) is 16.8 Å². The molecule has 27 heavy (non-hydrogen) atoms. The molecule has 5 rings (SSSR count). The Morgan fingerprint density at radius 1 is 1.04 bits per heavy atom. The van der Waals surface area contributed by atoms with E-state index in [0.717, 1.165) is 40.8 Å². The number of halogens is 1. The summed E-state index contributed by atoms with van der Waals surface area (Å²) in [4.78, 5) is 6.65. The van der Waals surface area contributed by atoms with E-state index in [1.165, 1.54) is 5.56 Å². The van der Waals surface area contributed by atoms with Crippen LogP contribution in [0.3, 0.4) is 0 Å². The highest BCUT2D eigenvalue weighted by molar-refractivity contribution is 5.84. The summed E-state index contributed by atoms with van der Waals surface area (Å²) in [7, 11) is 1.92. The smallest absolute Gasteiger partial charge is 0.127 e. The third-order valence-corrected chi connectivity index (χ3v) is 5.14. The molecule has 1 aliphatic rings. The average Bonchev–Trinajstić information content (AvgIpc) is 3.24. The van der Waals surface area contributed by atoms with E-state index in [0.29, 0.717) is 12.1 Å². The molecule has 0 atom stereocenters. The minimum atomic E-state index is -0.162. The molecule has 0 bridgehead atoms. The Balaban J connectivity index is 1.44. The van der Waals surface area contributed by atoms with Gasteiger partial charge in [0, 0.05) is 50.0 Å². The highest BCUT2D eigenvalue weighted by Crippen LogP contribution is 2.28. The molecule has 0 unspecified atom stereocenters. The van der Waals surface area contributed by atoms with E-state index in [1.807, 2.05) is 54.5 Å². The number of hydrogen-bond acceptors (Lipinski definition) is 3. The van der Waals surface area contributed by atoms with Crippen molar-refractivity contribution in [1.82, 2.24) is 19.7 Å². The fourth-order valence-corrected chi connectivity index (χ4v) is 3.82. The van der Waals surface area contributed by atoms with Gasteiger partial charge in [-0.1, -0.05) is 18.2 Å². The predicted octanol–water partition coefficient (Wildman–Crippen LogP) is 4.29. The van der Waals surface area contributed by atoms with Crippen molar-refractivity contribution < 1.29 is 4.39 Å². The summed E-state index contributed by atoms with van der Waals surface area (Å²) in [5.41, 5.74) is 6.10. The minimum Gasteiger partial charge on any atom is -0.289 e. The summed E-state index contributed by atoms with van der Waals surface area (Å²) in [6.45, 7) is 2.15. The second-order valence-corrected chi connectivity index (χ2v) is 7.14. The fourth-order valence-electron chi connectivity index (χ4n) is 3.82. The van der Waals surface area contributed by atoms with Crippen molar-refractivity contribution >= 4 is 10.9 Å². The second-order valence-electron chi connectivity index (χ2n) is 7.14. The molecule has 0 aliphatic carbocycles. The van der Waals surface area contributed by atoms with Gasteiger partial charge in [-0.25, -0.2) is 4.39 Å². The van der Waals surface area contributed by atoms with Crippen molar-refractivity contribution in [1.29, 1.82) is 0 Å². The molecule has 2 aromatic carbocycles. The number of aromatic nitrogens is 3. The predicted molar refractivity (Wildman–Crippen MR) is 103 cm³/mol. The summed E-state index contributed by atoms with van der Waals surface area (Å²) < 4.78 is 16.3. The summed E-state index contributed by atoms with van der Waals surface area (Å²) >= 11 is 0. The standard InChI is InChI=1S/C22H19FN4/c1-26-11-19-10-16(5-7-21(19)25-26)15-4-6-20(23)18(9-15)13-27-12-17-3-2-8-24-22(17)14-27/h2-11H,12-14H2,1H3. The normalized spacial score (nSPS) is 14.0. The SMILES string of the molecule is Cn1cc2cc(-c3ccc(F)c(CN4Cc5cccnc5C4)c3)ccc2n1. The van der Waals surface area contributed by atoms with Crippen molar-refractivity contribution in [2.45, 2.75) is 19.6 Å². The van der Waals surface area contributed by atoms with Crippen molar-refractivity contribution in [2.75, 3.05) is 0 Å². The maximum atomic E-state index is 14.5. The van der Waals surface area contributed by atoms with Gasteiger partial charge in [0.25, 0.3) is 0 Å². The lowest BCUT2D eigenvalue weighted by atomic mass is 10.0. The molecule has 2 aromatic heterocycles. The summed E-state index contributed by atoms with van der Waals surface area (Å²) in [6.07, 6.45) is 3.82. The topological polar surface area (TPSA) is 34.0 Å². The van der Waals surface area contributed by atoms with Gasteiger partial charge in [0.1, 0.15) is 5.82 Å². The quantitative estimate of drug-likeness (QED) is 0.548. The fraction of sp³-hybridized carbons (Fsp3) is 0.182. The summed E-state index contributed by atoms with van der Waals surface area (Å²) in [6, 6.07) is 15.6. The lowest BCUT2D eigenvalue weighted by Gasteiger charge is -2.16. The molecule has 0 amide bonds. The van der Waals surface area contributed by atoms with Crippen molar-refractivity contribution in [3.05, 3.63) is 83.6 Å². The van der Waals surface area contributed by atoms with E-state index >= 15 is 0 Å². The first kappa shape index (κ1) is 16.1. The Morgan fingerprint density at radius 2 is 1.89 bits per heavy atom. The molecular weight excluding hydrogens is 339 g/mol. The average molecular weight is 358 g/mol. The van der Waals surface area contributed by atoms with Crippen LogP contribution in [0.25, 0.3) is 22.0 Å². The Bertz CT molecular complexity index is 1120. The van der Waals surface area contributed by atoms with E-state index in [2.05, 4.69) is 27.1 Å². The number of benzene rings is 2. The maximum absolute atomic E-state index is 14.5. The number of hydrogen-bond donors (Lipinski definition) is 0. The molecule has 0 N–H and O–H groups in total. The number of aryl methyl sites for hydroxylation is 1. The second kappa shape index (κ2) is 6.28. The molecular formula is C22H19FN4. The third kappa shape index (κ3) is 3.00. The van der Waals surface area contributed by atoms with Crippen LogP contribution >= 0.6 is 0 Å². The minimum absolute atomic E-state index is 0.162. The van der Waals surface area contributed by atoms with Crippen LogP contribution in [0, 0.1) is 5.82 Å². The zero-order chi connectivity index (χ0) is 18.4. The lowest BCUT2D eigenvalue weighted by Crippen LogP contribution is -2.16. The van der Waals surface area contributed by atoms with Gasteiger partial charge in [0.05, 0.1) is 11.2 Å². The number of pyridine rings is 1. The van der Waals surface area contributed by atoms with Crippen LogP contribution < -0.4 is 0 Å². The van der Waals surface area contributed by atoms with Gasteiger partial charge in [-0.15, -0.1) is 0 Å². The van der Waals surface area contributed by atoms with Crippen LogP contribution in [0.4, 0.5) is 4.39 Å². The van der Waals surface area contributed by atoms with Crippen LogP contribution in [-0.2, 0) is 26.7 Å². The zero-order valence-corrected chi connectivity index (χ0v) is 15.1. The van der Waals surface area contributed by atoms with Crippen molar-refractivity contribution in [3.8, 4) is 11.1 Å². The summed E-state index contributed by atoms with van der Waals surface area (Å²) in [5, 5.41) is 5.50. The highest BCUT2D eigenvalue weighted by Gasteiger charge is 2.20. The number of fused-ring (bicyclic) bond motifs is 2.